The summed E-state index contributed by atoms with van der Waals surface area (Å²) >= 11 is 0. The second-order valence-corrected chi connectivity index (χ2v) is 8.63. The van der Waals surface area contributed by atoms with E-state index in [4.69, 9.17) is 0 Å². The summed E-state index contributed by atoms with van der Waals surface area (Å²) in [6.07, 6.45) is 3.46. The third kappa shape index (κ3) is 7.09. The summed E-state index contributed by atoms with van der Waals surface area (Å²) in [5, 5.41) is 9.51. The lowest BCUT2D eigenvalue weighted by Gasteiger charge is -2.31. The number of amides is 1. The molecule has 6 heteroatoms. The second kappa shape index (κ2) is 12.2. The fourth-order valence-electron chi connectivity index (χ4n) is 4.29. The van der Waals surface area contributed by atoms with E-state index in [0.717, 1.165) is 43.5 Å². The third-order valence-electron chi connectivity index (χ3n) is 6.05. The van der Waals surface area contributed by atoms with Crippen LogP contribution in [0.25, 0.3) is 0 Å². The van der Waals surface area contributed by atoms with Gasteiger partial charge in [0.05, 0.1) is 0 Å². The van der Waals surface area contributed by atoms with Crippen LogP contribution < -0.4 is 16.0 Å². The minimum absolute atomic E-state index is 0.0602. The summed E-state index contributed by atoms with van der Waals surface area (Å²) < 4.78 is 0. The highest BCUT2D eigenvalue weighted by Crippen LogP contribution is 2.19. The Morgan fingerprint density at radius 3 is 2.69 bits per heavy atom. The summed E-state index contributed by atoms with van der Waals surface area (Å²) in [6, 6.07) is 16.4. The van der Waals surface area contributed by atoms with E-state index < -0.39 is 0 Å². The van der Waals surface area contributed by atoms with Gasteiger partial charge in [0.2, 0.25) is 0 Å². The Labute approximate surface area is 192 Å². The minimum atomic E-state index is -0.0602. The van der Waals surface area contributed by atoms with E-state index in [1.807, 2.05) is 24.3 Å². The number of benzene rings is 2. The first-order valence-electron chi connectivity index (χ1n) is 11.6. The number of carbonyl (C=O) groups is 1. The zero-order valence-electron chi connectivity index (χ0n) is 19.7. The minimum Gasteiger partial charge on any atom is -0.356 e. The van der Waals surface area contributed by atoms with Gasteiger partial charge in [0.1, 0.15) is 0 Å². The quantitative estimate of drug-likeness (QED) is 0.440. The summed E-state index contributed by atoms with van der Waals surface area (Å²) in [6.45, 7) is 7.22. The molecule has 1 fully saturated rings. The number of hydrogen-bond acceptors (Lipinski definition) is 3. The highest BCUT2D eigenvalue weighted by atomic mass is 16.1. The summed E-state index contributed by atoms with van der Waals surface area (Å²) in [5.74, 6) is 1.51. The molecule has 3 N–H and O–H groups in total. The van der Waals surface area contributed by atoms with Crippen molar-refractivity contribution in [1.82, 2.24) is 20.9 Å². The smallest absolute Gasteiger partial charge is 0.251 e. The molecule has 6 nitrogen and oxygen atoms in total. The van der Waals surface area contributed by atoms with Crippen LogP contribution in [-0.4, -0.2) is 50.5 Å². The monoisotopic (exact) mass is 435 g/mol. The molecule has 1 unspecified atom stereocenters. The molecule has 0 radical (unpaired) electrons. The SMILES string of the molecule is CN=C(NCCc1cccc(C(=O)NC)c1)NCc1ccccc1CN1CCCC(C)C1. The maximum Gasteiger partial charge on any atom is 0.251 e. The van der Waals surface area contributed by atoms with E-state index in [2.05, 4.69) is 57.0 Å². The van der Waals surface area contributed by atoms with Crippen LogP contribution in [0.5, 0.6) is 0 Å². The number of guanidine groups is 1. The lowest BCUT2D eigenvalue weighted by atomic mass is 9.99. The standard InChI is InChI=1S/C26H37N5O/c1-20-8-7-15-31(18-20)19-24-11-5-4-10-23(24)17-30-26(28-3)29-14-13-21-9-6-12-22(16-21)25(32)27-2/h4-6,9-12,16,20H,7-8,13-15,17-19H2,1-3H3,(H,27,32)(H2,28,29,30). The molecule has 1 saturated heterocycles. The zero-order chi connectivity index (χ0) is 22.8. The lowest BCUT2D eigenvalue weighted by molar-refractivity contribution is 0.0963. The van der Waals surface area contributed by atoms with Crippen LogP contribution in [0.15, 0.2) is 53.5 Å². The van der Waals surface area contributed by atoms with Crippen molar-refractivity contribution in [3.63, 3.8) is 0 Å². The fraction of sp³-hybridized carbons (Fsp3) is 0.462. The van der Waals surface area contributed by atoms with Gasteiger partial charge in [-0.1, -0.05) is 43.3 Å². The zero-order valence-corrected chi connectivity index (χ0v) is 19.7. The number of rotatable bonds is 8. The molecule has 2 aromatic carbocycles. The molecule has 1 aliphatic rings. The van der Waals surface area contributed by atoms with Crippen molar-refractivity contribution in [1.29, 1.82) is 0 Å². The predicted molar refractivity (Wildman–Crippen MR) is 132 cm³/mol. The molecular formula is C26H37N5O. The molecule has 0 aliphatic carbocycles. The van der Waals surface area contributed by atoms with E-state index in [-0.39, 0.29) is 5.91 Å². The highest BCUT2D eigenvalue weighted by molar-refractivity contribution is 5.94. The number of hydrogen-bond donors (Lipinski definition) is 3. The normalized spacial score (nSPS) is 17.1. The summed E-state index contributed by atoms with van der Waals surface area (Å²) in [7, 11) is 3.44. The highest BCUT2D eigenvalue weighted by Gasteiger charge is 2.17. The van der Waals surface area contributed by atoms with Crippen molar-refractivity contribution in [2.24, 2.45) is 10.9 Å². The molecule has 0 saturated carbocycles. The molecule has 1 atom stereocenters. The van der Waals surface area contributed by atoms with E-state index in [1.165, 1.54) is 37.1 Å². The number of nitrogens with one attached hydrogen (secondary N) is 3. The molecule has 1 aliphatic heterocycles. The molecule has 172 valence electrons. The van der Waals surface area contributed by atoms with Crippen LogP contribution in [-0.2, 0) is 19.5 Å². The Morgan fingerprint density at radius 1 is 1.12 bits per heavy atom. The van der Waals surface area contributed by atoms with Gasteiger partial charge in [-0.15, -0.1) is 0 Å². The molecule has 2 aromatic rings. The van der Waals surface area contributed by atoms with Crippen molar-refractivity contribution in [3.8, 4) is 0 Å². The third-order valence-corrected chi connectivity index (χ3v) is 6.05. The maximum absolute atomic E-state index is 11.8. The van der Waals surface area contributed by atoms with E-state index >= 15 is 0 Å². The van der Waals surface area contributed by atoms with Gasteiger partial charge in [0, 0.05) is 45.8 Å². The molecule has 1 amide bonds. The van der Waals surface area contributed by atoms with Crippen molar-refractivity contribution < 1.29 is 4.79 Å². The summed E-state index contributed by atoms with van der Waals surface area (Å²) in [5.41, 5.74) is 4.50. The lowest BCUT2D eigenvalue weighted by Crippen LogP contribution is -2.38. The Balaban J connectivity index is 1.50. The topological polar surface area (TPSA) is 68.8 Å². The molecule has 0 bridgehead atoms. The van der Waals surface area contributed by atoms with Gasteiger partial charge < -0.3 is 16.0 Å². The van der Waals surface area contributed by atoms with Gasteiger partial charge in [-0.05, 0) is 60.5 Å². The van der Waals surface area contributed by atoms with Crippen molar-refractivity contribution in [3.05, 3.63) is 70.8 Å². The second-order valence-electron chi connectivity index (χ2n) is 8.63. The van der Waals surface area contributed by atoms with Gasteiger partial charge in [0.25, 0.3) is 5.91 Å². The first-order valence-corrected chi connectivity index (χ1v) is 11.6. The largest absolute Gasteiger partial charge is 0.356 e. The molecule has 0 aromatic heterocycles. The van der Waals surface area contributed by atoms with Crippen LogP contribution >= 0.6 is 0 Å². The molecule has 1 heterocycles. The van der Waals surface area contributed by atoms with Crippen LogP contribution in [0.4, 0.5) is 0 Å². The van der Waals surface area contributed by atoms with Gasteiger partial charge in [-0.2, -0.15) is 0 Å². The molecular weight excluding hydrogens is 398 g/mol. The van der Waals surface area contributed by atoms with Gasteiger partial charge in [-0.25, -0.2) is 0 Å². The maximum atomic E-state index is 11.8. The molecule has 3 rings (SSSR count). The molecule has 32 heavy (non-hydrogen) atoms. The fourth-order valence-corrected chi connectivity index (χ4v) is 4.29. The van der Waals surface area contributed by atoms with Crippen molar-refractivity contribution in [2.45, 2.75) is 39.3 Å². The number of aliphatic imine (C=N–C) groups is 1. The summed E-state index contributed by atoms with van der Waals surface area (Å²) in [4.78, 5) is 18.8. The Morgan fingerprint density at radius 2 is 1.94 bits per heavy atom. The van der Waals surface area contributed by atoms with Crippen LogP contribution in [0.2, 0.25) is 0 Å². The van der Waals surface area contributed by atoms with Gasteiger partial charge in [0.15, 0.2) is 5.96 Å². The van der Waals surface area contributed by atoms with Crippen LogP contribution in [0.1, 0.15) is 46.8 Å². The average Bonchev–Trinajstić information content (AvgIpc) is 2.82. The average molecular weight is 436 g/mol. The first kappa shape index (κ1) is 23.8. The van der Waals surface area contributed by atoms with Crippen LogP contribution in [0.3, 0.4) is 0 Å². The Kier molecular flexibility index (Phi) is 9.11. The Bertz CT molecular complexity index is 911. The van der Waals surface area contributed by atoms with E-state index in [0.29, 0.717) is 5.56 Å². The number of likely N-dealkylation sites (tertiary alicyclic amines) is 1. The first-order chi connectivity index (χ1) is 15.6. The number of nitrogens with zero attached hydrogens (tertiary/aromatic N) is 2. The number of carbonyl (C=O) groups excluding carboxylic acids is 1. The predicted octanol–water partition coefficient (Wildman–Crippen LogP) is 3.19. The van der Waals surface area contributed by atoms with Crippen LogP contribution in [0, 0.1) is 5.92 Å². The van der Waals surface area contributed by atoms with Crippen molar-refractivity contribution in [2.75, 3.05) is 33.7 Å². The van der Waals surface area contributed by atoms with E-state index in [1.54, 1.807) is 14.1 Å². The van der Waals surface area contributed by atoms with Gasteiger partial charge in [-0.3, -0.25) is 14.7 Å². The molecule has 0 spiro atoms. The van der Waals surface area contributed by atoms with Gasteiger partial charge >= 0.3 is 0 Å². The van der Waals surface area contributed by atoms with E-state index in [9.17, 15) is 4.79 Å². The number of piperidine rings is 1. The Hall–Kier alpha value is -2.86. The van der Waals surface area contributed by atoms with Crippen molar-refractivity contribution >= 4 is 11.9 Å².